The summed E-state index contributed by atoms with van der Waals surface area (Å²) in [6.45, 7) is 0.0979. The molecule has 0 N–H and O–H groups in total. The quantitative estimate of drug-likeness (QED) is 0.112. The number of furan rings is 1. The van der Waals surface area contributed by atoms with Gasteiger partial charge in [-0.2, -0.15) is 9.78 Å². The number of hydrogen-bond acceptors (Lipinski definition) is 7. The van der Waals surface area contributed by atoms with E-state index in [1.165, 1.54) is 18.3 Å². The summed E-state index contributed by atoms with van der Waals surface area (Å²) >= 11 is 3.39. The number of fused-ring (bicyclic) bond motifs is 2. The zero-order valence-electron chi connectivity index (χ0n) is 20.7. The summed E-state index contributed by atoms with van der Waals surface area (Å²) in [4.78, 5) is 29.6. The molecule has 196 valence electrons. The molecule has 0 fully saturated rings. The van der Waals surface area contributed by atoms with Gasteiger partial charge in [0.05, 0.1) is 22.0 Å². The normalized spacial score (nSPS) is 11.4. The predicted molar refractivity (Wildman–Crippen MR) is 156 cm³/mol. The Morgan fingerprint density at radius 1 is 1.00 bits per heavy atom. The minimum atomic E-state index is -0.516. The van der Waals surface area contributed by atoms with Gasteiger partial charge < -0.3 is 9.15 Å². The number of hydrogen-bond donors (Lipinski definition) is 0. The van der Waals surface area contributed by atoms with Crippen LogP contribution in [0.3, 0.4) is 0 Å². The molecule has 0 aliphatic carbocycles. The lowest BCUT2D eigenvalue weighted by Gasteiger charge is -2.10. The molecule has 0 saturated carbocycles. The highest BCUT2D eigenvalue weighted by atomic mass is 79.9. The maximum absolute atomic E-state index is 13.6. The third-order valence-corrected chi connectivity index (χ3v) is 6.76. The van der Waals surface area contributed by atoms with Crippen LogP contribution in [0.25, 0.3) is 33.5 Å². The number of halogens is 1. The van der Waals surface area contributed by atoms with Gasteiger partial charge in [-0.1, -0.05) is 64.5 Å². The summed E-state index contributed by atoms with van der Waals surface area (Å²) in [5.74, 6) is 0.581. The molecule has 6 aromatic rings. The van der Waals surface area contributed by atoms with Gasteiger partial charge >= 0.3 is 5.69 Å². The SMILES string of the molecule is O=c1c2ccccc2nc(-c2cc3ccccc3o2)n1N=Cc1cccc([N+](=O)[O-])c1OCc1ccc(Br)cc1. The Kier molecular flexibility index (Phi) is 6.67. The fraction of sp³-hybridized carbons (Fsp3) is 0.0333. The van der Waals surface area contributed by atoms with Crippen molar-refractivity contribution in [2.45, 2.75) is 6.61 Å². The van der Waals surface area contributed by atoms with Crippen LogP contribution in [-0.4, -0.2) is 20.8 Å². The Balaban J connectivity index is 1.47. The van der Waals surface area contributed by atoms with E-state index in [4.69, 9.17) is 9.15 Å². The molecule has 2 aromatic heterocycles. The van der Waals surface area contributed by atoms with Gasteiger partial charge in [0, 0.05) is 21.5 Å². The largest absolute Gasteiger partial charge is 0.481 e. The zero-order chi connectivity index (χ0) is 27.6. The van der Waals surface area contributed by atoms with E-state index in [0.29, 0.717) is 27.8 Å². The molecule has 2 heterocycles. The number of ether oxygens (including phenoxy) is 1. The van der Waals surface area contributed by atoms with Crippen LogP contribution in [0, 0.1) is 10.1 Å². The molecule has 0 unspecified atom stereocenters. The lowest BCUT2D eigenvalue weighted by molar-refractivity contribution is -0.385. The molecular formula is C30H19BrN4O5. The molecule has 4 aromatic carbocycles. The van der Waals surface area contributed by atoms with Crippen molar-refractivity contribution < 1.29 is 14.1 Å². The van der Waals surface area contributed by atoms with E-state index in [1.807, 2.05) is 48.5 Å². The number of para-hydroxylation sites is 3. The molecule has 0 bridgehead atoms. The Morgan fingerprint density at radius 3 is 2.58 bits per heavy atom. The van der Waals surface area contributed by atoms with Gasteiger partial charge in [-0.05, 0) is 48.0 Å². The number of aromatic nitrogens is 2. The van der Waals surface area contributed by atoms with Crippen LogP contribution in [0.5, 0.6) is 5.75 Å². The molecule has 0 aliphatic rings. The van der Waals surface area contributed by atoms with Crippen LogP contribution in [0.4, 0.5) is 5.69 Å². The first-order chi connectivity index (χ1) is 19.5. The van der Waals surface area contributed by atoms with E-state index in [2.05, 4.69) is 26.0 Å². The second-order valence-electron chi connectivity index (χ2n) is 8.83. The molecule has 0 aliphatic heterocycles. The predicted octanol–water partition coefficient (Wildman–Crippen LogP) is 6.94. The number of benzene rings is 4. The molecule has 0 radical (unpaired) electrons. The fourth-order valence-electron chi connectivity index (χ4n) is 4.28. The second-order valence-corrected chi connectivity index (χ2v) is 9.75. The van der Waals surface area contributed by atoms with Gasteiger partial charge in [0.2, 0.25) is 11.6 Å². The summed E-state index contributed by atoms with van der Waals surface area (Å²) in [5, 5.41) is 17.5. The molecular weight excluding hydrogens is 576 g/mol. The van der Waals surface area contributed by atoms with Crippen molar-refractivity contribution in [3.63, 3.8) is 0 Å². The van der Waals surface area contributed by atoms with E-state index in [9.17, 15) is 14.9 Å². The summed E-state index contributed by atoms with van der Waals surface area (Å²) in [5.41, 5.74) is 1.64. The molecule has 10 heteroatoms. The van der Waals surface area contributed by atoms with E-state index >= 15 is 0 Å². The van der Waals surface area contributed by atoms with Gasteiger partial charge in [-0.25, -0.2) is 4.98 Å². The van der Waals surface area contributed by atoms with Crippen molar-refractivity contribution in [3.8, 4) is 17.3 Å². The molecule has 0 amide bonds. The van der Waals surface area contributed by atoms with Crippen LogP contribution in [-0.2, 0) is 6.61 Å². The Hall–Kier alpha value is -5.09. The zero-order valence-corrected chi connectivity index (χ0v) is 22.3. The molecule has 0 saturated heterocycles. The smallest absolute Gasteiger partial charge is 0.311 e. The lowest BCUT2D eigenvalue weighted by atomic mass is 10.2. The minimum absolute atomic E-state index is 0.0336. The maximum atomic E-state index is 13.6. The van der Waals surface area contributed by atoms with Crippen LogP contribution < -0.4 is 10.3 Å². The molecule has 9 nitrogen and oxygen atoms in total. The average Bonchev–Trinajstić information content (AvgIpc) is 3.41. The van der Waals surface area contributed by atoms with Crippen LogP contribution in [0.2, 0.25) is 0 Å². The third kappa shape index (κ3) is 4.87. The van der Waals surface area contributed by atoms with Gasteiger partial charge in [0.25, 0.3) is 5.56 Å². The van der Waals surface area contributed by atoms with Gasteiger partial charge in [0.15, 0.2) is 5.76 Å². The highest BCUT2D eigenvalue weighted by Crippen LogP contribution is 2.31. The number of nitro benzene ring substituents is 1. The molecule has 0 spiro atoms. The third-order valence-electron chi connectivity index (χ3n) is 6.23. The van der Waals surface area contributed by atoms with Gasteiger partial charge in [-0.3, -0.25) is 14.9 Å². The Morgan fingerprint density at radius 2 is 1.77 bits per heavy atom. The lowest BCUT2D eigenvalue weighted by Crippen LogP contribution is -2.20. The second kappa shape index (κ2) is 10.6. The van der Waals surface area contributed by atoms with Crippen molar-refractivity contribution in [1.29, 1.82) is 0 Å². The van der Waals surface area contributed by atoms with Crippen molar-refractivity contribution in [3.05, 3.63) is 133 Å². The minimum Gasteiger partial charge on any atom is -0.481 e. The number of nitro groups is 1. The monoisotopic (exact) mass is 594 g/mol. The summed E-state index contributed by atoms with van der Waals surface area (Å²) < 4.78 is 14.0. The standard InChI is InChI=1S/C30H19BrN4O5/c31-22-14-12-19(13-15-22)18-39-28-21(7-5-10-25(28)35(37)38)17-32-34-29(27-16-20-6-1-4-11-26(20)40-27)33-24-9-3-2-8-23(24)30(34)36/h1-17H,18H2. The van der Waals surface area contributed by atoms with Crippen molar-refractivity contribution in [2.24, 2.45) is 5.10 Å². The number of rotatable bonds is 7. The van der Waals surface area contributed by atoms with E-state index in [1.54, 1.807) is 36.4 Å². The highest BCUT2D eigenvalue weighted by Gasteiger charge is 2.20. The average molecular weight is 595 g/mol. The van der Waals surface area contributed by atoms with E-state index in [0.717, 1.165) is 20.1 Å². The van der Waals surface area contributed by atoms with E-state index in [-0.39, 0.29) is 23.9 Å². The molecule has 0 atom stereocenters. The first kappa shape index (κ1) is 25.2. The highest BCUT2D eigenvalue weighted by molar-refractivity contribution is 9.10. The van der Waals surface area contributed by atoms with E-state index < -0.39 is 10.5 Å². The Labute approximate surface area is 235 Å². The Bertz CT molecular complexity index is 1950. The van der Waals surface area contributed by atoms with Crippen LogP contribution in [0.15, 0.2) is 116 Å². The first-order valence-electron chi connectivity index (χ1n) is 12.2. The van der Waals surface area contributed by atoms with Gasteiger partial charge in [0.1, 0.15) is 12.2 Å². The van der Waals surface area contributed by atoms with Crippen molar-refractivity contribution in [1.82, 2.24) is 9.66 Å². The maximum Gasteiger partial charge on any atom is 0.311 e. The molecule has 40 heavy (non-hydrogen) atoms. The van der Waals surface area contributed by atoms with Crippen molar-refractivity contribution >= 4 is 49.7 Å². The van der Waals surface area contributed by atoms with Crippen molar-refractivity contribution in [2.75, 3.05) is 0 Å². The first-order valence-corrected chi connectivity index (χ1v) is 13.0. The van der Waals surface area contributed by atoms with Crippen LogP contribution >= 0.6 is 15.9 Å². The summed E-state index contributed by atoms with van der Waals surface area (Å²) in [6.07, 6.45) is 1.36. The molecule has 6 rings (SSSR count). The summed E-state index contributed by atoms with van der Waals surface area (Å²) in [7, 11) is 0. The topological polar surface area (TPSA) is 113 Å². The summed E-state index contributed by atoms with van der Waals surface area (Å²) in [6, 6.07) is 28.2. The van der Waals surface area contributed by atoms with Gasteiger partial charge in [-0.15, -0.1) is 0 Å². The fourth-order valence-corrected chi connectivity index (χ4v) is 4.55. The number of nitrogens with zero attached hydrogens (tertiary/aromatic N) is 4. The van der Waals surface area contributed by atoms with Crippen LogP contribution in [0.1, 0.15) is 11.1 Å².